The maximum Gasteiger partial charge on any atom is 0.251 e. The summed E-state index contributed by atoms with van der Waals surface area (Å²) in [5.41, 5.74) is 3.20. The second-order valence-electron chi connectivity index (χ2n) is 7.98. The quantitative estimate of drug-likeness (QED) is 0.648. The van der Waals surface area contributed by atoms with E-state index in [2.05, 4.69) is 34.4 Å². The molecule has 3 aromatic rings. The van der Waals surface area contributed by atoms with Crippen LogP contribution in [-0.2, 0) is 6.42 Å². The van der Waals surface area contributed by atoms with Crippen LogP contribution in [0.3, 0.4) is 0 Å². The third-order valence-electron chi connectivity index (χ3n) is 5.84. The highest BCUT2D eigenvalue weighted by Crippen LogP contribution is 2.21. The van der Waals surface area contributed by atoms with Gasteiger partial charge in [0.1, 0.15) is 5.52 Å². The molecule has 2 aromatic carbocycles. The largest absolute Gasteiger partial charge is 0.440 e. The molecule has 0 atom stereocenters. The molecule has 5 nitrogen and oxygen atoms in total. The molecule has 0 unspecified atom stereocenters. The van der Waals surface area contributed by atoms with E-state index in [1.807, 2.05) is 30.3 Å². The molecular formula is C24H29N3O2. The maximum absolute atomic E-state index is 12.6. The monoisotopic (exact) mass is 391 g/mol. The molecule has 1 amide bonds. The molecule has 5 heteroatoms. The van der Waals surface area contributed by atoms with Crippen molar-refractivity contribution in [1.29, 1.82) is 0 Å². The molecule has 0 aliphatic heterocycles. The Morgan fingerprint density at radius 3 is 2.72 bits per heavy atom. The topological polar surface area (TPSA) is 58.4 Å². The smallest absolute Gasteiger partial charge is 0.251 e. The fourth-order valence-electron chi connectivity index (χ4n) is 4.11. The summed E-state index contributed by atoms with van der Waals surface area (Å²) < 4.78 is 5.89. The Morgan fingerprint density at radius 1 is 1.14 bits per heavy atom. The van der Waals surface area contributed by atoms with Gasteiger partial charge in [-0.25, -0.2) is 4.98 Å². The average Bonchev–Trinajstić information content (AvgIpc) is 3.16. The zero-order valence-electron chi connectivity index (χ0n) is 17.1. The third kappa shape index (κ3) is 5.04. The number of likely N-dealkylation sites (N-methyl/N-ethyl adjacent to an activating group) is 1. The number of amides is 1. The number of fused-ring (bicyclic) bond motifs is 1. The molecule has 1 saturated carbocycles. The van der Waals surface area contributed by atoms with E-state index in [4.69, 9.17) is 4.42 Å². The molecule has 152 valence electrons. The summed E-state index contributed by atoms with van der Waals surface area (Å²) in [4.78, 5) is 19.5. The normalized spacial score (nSPS) is 15.1. The van der Waals surface area contributed by atoms with Crippen molar-refractivity contribution in [3.63, 3.8) is 0 Å². The van der Waals surface area contributed by atoms with E-state index in [0.29, 0.717) is 36.0 Å². The molecule has 0 radical (unpaired) electrons. The summed E-state index contributed by atoms with van der Waals surface area (Å²) in [5, 5.41) is 3.04. The zero-order chi connectivity index (χ0) is 20.1. The molecule has 0 saturated heterocycles. The summed E-state index contributed by atoms with van der Waals surface area (Å²) in [5.74, 6) is 0.600. The molecule has 1 aliphatic carbocycles. The number of aromatic nitrogens is 1. The summed E-state index contributed by atoms with van der Waals surface area (Å²) in [6.07, 6.45) is 7.20. The minimum Gasteiger partial charge on any atom is -0.440 e. The lowest BCUT2D eigenvalue weighted by atomic mass is 9.94. The van der Waals surface area contributed by atoms with Gasteiger partial charge in [-0.3, -0.25) is 4.79 Å². The van der Waals surface area contributed by atoms with Crippen LogP contribution in [0, 0.1) is 0 Å². The zero-order valence-corrected chi connectivity index (χ0v) is 17.1. The van der Waals surface area contributed by atoms with Crippen molar-refractivity contribution in [3.8, 4) is 0 Å². The fourth-order valence-corrected chi connectivity index (χ4v) is 4.11. The highest BCUT2D eigenvalue weighted by Gasteiger charge is 2.18. The van der Waals surface area contributed by atoms with Crippen molar-refractivity contribution in [1.82, 2.24) is 15.2 Å². The molecule has 0 spiro atoms. The Balaban J connectivity index is 1.34. The van der Waals surface area contributed by atoms with Crippen LogP contribution in [-0.4, -0.2) is 42.0 Å². The van der Waals surface area contributed by atoms with Gasteiger partial charge in [0.25, 0.3) is 5.91 Å². The van der Waals surface area contributed by atoms with Crippen molar-refractivity contribution >= 4 is 17.0 Å². The number of hydrogen-bond donors (Lipinski definition) is 1. The van der Waals surface area contributed by atoms with Gasteiger partial charge >= 0.3 is 0 Å². The molecule has 1 heterocycles. The molecule has 1 fully saturated rings. The number of hydrogen-bond acceptors (Lipinski definition) is 4. The van der Waals surface area contributed by atoms with Crippen LogP contribution in [0.4, 0.5) is 0 Å². The van der Waals surface area contributed by atoms with E-state index in [-0.39, 0.29) is 5.91 Å². The maximum atomic E-state index is 12.6. The van der Waals surface area contributed by atoms with Gasteiger partial charge < -0.3 is 14.6 Å². The highest BCUT2D eigenvalue weighted by atomic mass is 16.3. The van der Waals surface area contributed by atoms with Gasteiger partial charge in [0.05, 0.1) is 0 Å². The minimum atomic E-state index is -0.0649. The van der Waals surface area contributed by atoms with Gasteiger partial charge in [0.2, 0.25) is 0 Å². The first-order chi connectivity index (χ1) is 14.2. The minimum absolute atomic E-state index is 0.0649. The first-order valence-electron chi connectivity index (χ1n) is 10.6. The lowest BCUT2D eigenvalue weighted by Gasteiger charge is -2.31. The van der Waals surface area contributed by atoms with Gasteiger partial charge in [-0.1, -0.05) is 49.6 Å². The first kappa shape index (κ1) is 19.6. The Morgan fingerprint density at radius 2 is 1.93 bits per heavy atom. The van der Waals surface area contributed by atoms with Crippen molar-refractivity contribution in [2.24, 2.45) is 0 Å². The van der Waals surface area contributed by atoms with E-state index in [9.17, 15) is 4.79 Å². The molecule has 1 aromatic heterocycles. The predicted octanol–water partition coefficient (Wildman–Crippen LogP) is 4.41. The number of carbonyl (C=O) groups excluding carboxylic acids is 1. The third-order valence-corrected chi connectivity index (χ3v) is 5.84. The van der Waals surface area contributed by atoms with Crippen molar-refractivity contribution < 1.29 is 9.21 Å². The van der Waals surface area contributed by atoms with Crippen molar-refractivity contribution in [2.75, 3.05) is 20.1 Å². The van der Waals surface area contributed by atoms with Crippen LogP contribution < -0.4 is 5.32 Å². The average molecular weight is 392 g/mol. The van der Waals surface area contributed by atoms with E-state index in [0.717, 1.165) is 17.6 Å². The number of oxazole rings is 1. The van der Waals surface area contributed by atoms with Crippen molar-refractivity contribution in [2.45, 2.75) is 44.6 Å². The first-order valence-corrected chi connectivity index (χ1v) is 10.6. The summed E-state index contributed by atoms with van der Waals surface area (Å²) in [6, 6.07) is 16.2. The van der Waals surface area contributed by atoms with Crippen LogP contribution in [0.2, 0.25) is 0 Å². The Bertz CT molecular complexity index is 945. The molecule has 4 rings (SSSR count). The van der Waals surface area contributed by atoms with Crippen molar-refractivity contribution in [3.05, 3.63) is 65.5 Å². The molecular weight excluding hydrogens is 362 g/mol. The van der Waals surface area contributed by atoms with Crippen LogP contribution in [0.15, 0.2) is 52.9 Å². The lowest BCUT2D eigenvalue weighted by Crippen LogP contribution is -2.39. The van der Waals surface area contributed by atoms with Crippen LogP contribution in [0.5, 0.6) is 0 Å². The Labute approximate surface area is 172 Å². The molecule has 29 heavy (non-hydrogen) atoms. The summed E-state index contributed by atoms with van der Waals surface area (Å²) in [7, 11) is 2.16. The van der Waals surface area contributed by atoms with E-state index < -0.39 is 0 Å². The van der Waals surface area contributed by atoms with Gasteiger partial charge in [-0.15, -0.1) is 0 Å². The second-order valence-corrected chi connectivity index (χ2v) is 7.98. The van der Waals surface area contributed by atoms with Gasteiger partial charge in [-0.2, -0.15) is 0 Å². The molecule has 1 aliphatic rings. The number of rotatable bonds is 7. The lowest BCUT2D eigenvalue weighted by molar-refractivity contribution is 0.0944. The van der Waals surface area contributed by atoms with Crippen LogP contribution >= 0.6 is 0 Å². The Hall–Kier alpha value is -2.66. The van der Waals surface area contributed by atoms with Crippen LogP contribution in [0.25, 0.3) is 11.1 Å². The molecule has 1 N–H and O–H groups in total. The predicted molar refractivity (Wildman–Crippen MR) is 115 cm³/mol. The van der Waals surface area contributed by atoms with Crippen LogP contribution in [0.1, 0.15) is 53.9 Å². The SMILES string of the molecule is CN(CCNC(=O)c1ccc2nc(Cc3ccccc3)oc2c1)C1CCCCC1. The van der Waals surface area contributed by atoms with E-state index >= 15 is 0 Å². The fraction of sp³-hybridized carbons (Fsp3) is 0.417. The van der Waals surface area contributed by atoms with Gasteiger partial charge in [0.15, 0.2) is 11.5 Å². The number of nitrogens with one attached hydrogen (secondary N) is 1. The second kappa shape index (κ2) is 9.23. The number of benzene rings is 2. The number of carbonyl (C=O) groups is 1. The summed E-state index contributed by atoms with van der Waals surface area (Å²) >= 11 is 0. The van der Waals surface area contributed by atoms with Gasteiger partial charge in [-0.05, 0) is 43.7 Å². The summed E-state index contributed by atoms with van der Waals surface area (Å²) in [6.45, 7) is 1.53. The highest BCUT2D eigenvalue weighted by molar-refractivity contribution is 5.97. The number of nitrogens with zero attached hydrogens (tertiary/aromatic N) is 2. The standard InChI is InChI=1S/C24H29N3O2/c1-27(20-10-6-3-7-11-20)15-14-25-24(28)19-12-13-21-22(17-19)29-23(26-21)16-18-8-4-2-5-9-18/h2,4-5,8-9,12-13,17,20H,3,6-7,10-11,14-16H2,1H3,(H,25,28). The van der Waals surface area contributed by atoms with E-state index in [1.54, 1.807) is 6.07 Å². The Kier molecular flexibility index (Phi) is 6.25. The van der Waals surface area contributed by atoms with Gasteiger partial charge in [0, 0.05) is 31.1 Å². The molecule has 0 bridgehead atoms. The van der Waals surface area contributed by atoms with E-state index in [1.165, 1.54) is 32.1 Å².